The lowest BCUT2D eigenvalue weighted by Crippen LogP contribution is -2.44. The van der Waals surface area contributed by atoms with Crippen LogP contribution in [0.25, 0.3) is 11.4 Å². The highest BCUT2D eigenvalue weighted by Gasteiger charge is 2.16. The zero-order valence-corrected chi connectivity index (χ0v) is 13.3. The number of piperazine rings is 1. The van der Waals surface area contributed by atoms with Gasteiger partial charge in [0.25, 0.3) is 0 Å². The van der Waals surface area contributed by atoms with Crippen LogP contribution in [0.1, 0.15) is 0 Å². The minimum Gasteiger partial charge on any atom is -0.337 e. The van der Waals surface area contributed by atoms with E-state index in [4.69, 9.17) is 0 Å². The standard InChI is InChI=1S/C12H13Br2N5/c13-8-1-2-9(10(14)7-8)11-16-12(18-17-11)19-5-3-15-4-6-19/h1-2,7,15H,3-6H2,(H,16,17,18). The van der Waals surface area contributed by atoms with E-state index in [9.17, 15) is 0 Å². The van der Waals surface area contributed by atoms with Gasteiger partial charge in [-0.15, -0.1) is 5.10 Å². The van der Waals surface area contributed by atoms with Gasteiger partial charge in [-0.1, -0.05) is 15.9 Å². The van der Waals surface area contributed by atoms with Gasteiger partial charge in [-0.25, -0.2) is 0 Å². The molecule has 0 unspecified atom stereocenters. The first-order valence-electron chi connectivity index (χ1n) is 6.07. The van der Waals surface area contributed by atoms with Crippen molar-refractivity contribution in [2.45, 2.75) is 0 Å². The van der Waals surface area contributed by atoms with E-state index in [0.717, 1.165) is 52.5 Å². The van der Waals surface area contributed by atoms with E-state index in [0.29, 0.717) is 0 Å². The second kappa shape index (κ2) is 5.60. The third kappa shape index (κ3) is 2.82. The van der Waals surface area contributed by atoms with E-state index in [1.165, 1.54) is 0 Å². The number of nitrogens with one attached hydrogen (secondary N) is 2. The summed E-state index contributed by atoms with van der Waals surface area (Å²) >= 11 is 6.99. The number of aromatic amines is 1. The summed E-state index contributed by atoms with van der Waals surface area (Å²) in [4.78, 5) is 6.76. The van der Waals surface area contributed by atoms with E-state index in [1.54, 1.807) is 0 Å². The molecule has 1 aromatic carbocycles. The molecule has 2 heterocycles. The fourth-order valence-corrected chi connectivity index (χ4v) is 3.30. The van der Waals surface area contributed by atoms with E-state index in [1.807, 2.05) is 18.2 Å². The minimum absolute atomic E-state index is 0.770. The van der Waals surface area contributed by atoms with Gasteiger partial charge in [0.1, 0.15) is 0 Å². The zero-order chi connectivity index (χ0) is 13.2. The first-order valence-corrected chi connectivity index (χ1v) is 7.66. The van der Waals surface area contributed by atoms with E-state index < -0.39 is 0 Å². The monoisotopic (exact) mass is 385 g/mol. The molecule has 1 saturated heterocycles. The van der Waals surface area contributed by atoms with Crippen LogP contribution >= 0.6 is 31.9 Å². The van der Waals surface area contributed by atoms with Crippen molar-refractivity contribution in [1.29, 1.82) is 0 Å². The predicted molar refractivity (Wildman–Crippen MR) is 82.3 cm³/mol. The zero-order valence-electron chi connectivity index (χ0n) is 10.2. The van der Waals surface area contributed by atoms with Gasteiger partial charge in [-0.3, -0.25) is 5.10 Å². The topological polar surface area (TPSA) is 56.8 Å². The van der Waals surface area contributed by atoms with Gasteiger partial charge < -0.3 is 10.2 Å². The SMILES string of the molecule is Brc1ccc(-c2nc(N3CCNCC3)n[nH]2)c(Br)c1. The Labute approximate surface area is 128 Å². The Kier molecular flexibility index (Phi) is 3.86. The summed E-state index contributed by atoms with van der Waals surface area (Å²) in [6.07, 6.45) is 0. The van der Waals surface area contributed by atoms with E-state index in [-0.39, 0.29) is 0 Å². The van der Waals surface area contributed by atoms with Crippen molar-refractivity contribution in [2.24, 2.45) is 0 Å². The Bertz CT molecular complexity index is 577. The highest BCUT2D eigenvalue weighted by atomic mass is 79.9. The third-order valence-electron chi connectivity index (χ3n) is 3.06. The fraction of sp³-hybridized carbons (Fsp3) is 0.333. The quantitative estimate of drug-likeness (QED) is 0.832. The summed E-state index contributed by atoms with van der Waals surface area (Å²) in [6.45, 7) is 3.84. The summed E-state index contributed by atoms with van der Waals surface area (Å²) in [6, 6.07) is 6.01. The highest BCUT2D eigenvalue weighted by Crippen LogP contribution is 2.29. The molecule has 0 spiro atoms. The van der Waals surface area contributed by atoms with Crippen LogP contribution in [0.2, 0.25) is 0 Å². The summed E-state index contributed by atoms with van der Waals surface area (Å²) in [5.41, 5.74) is 1.01. The van der Waals surface area contributed by atoms with Crippen LogP contribution in [0.3, 0.4) is 0 Å². The van der Waals surface area contributed by atoms with Gasteiger partial charge in [0, 0.05) is 40.7 Å². The second-order valence-corrected chi connectivity index (χ2v) is 6.12. The van der Waals surface area contributed by atoms with Gasteiger partial charge in [0.05, 0.1) is 0 Å². The van der Waals surface area contributed by atoms with Crippen molar-refractivity contribution in [3.63, 3.8) is 0 Å². The van der Waals surface area contributed by atoms with Crippen LogP contribution in [-0.4, -0.2) is 41.4 Å². The molecule has 1 aliphatic rings. The number of aromatic nitrogens is 3. The van der Waals surface area contributed by atoms with Crippen LogP contribution < -0.4 is 10.2 Å². The molecule has 7 heteroatoms. The maximum absolute atomic E-state index is 4.58. The molecule has 1 aliphatic heterocycles. The first-order chi connectivity index (χ1) is 9.24. The molecule has 19 heavy (non-hydrogen) atoms. The highest BCUT2D eigenvalue weighted by molar-refractivity contribution is 9.11. The molecule has 2 aromatic rings. The third-order valence-corrected chi connectivity index (χ3v) is 4.21. The first kappa shape index (κ1) is 13.1. The normalized spacial score (nSPS) is 15.8. The molecule has 1 aromatic heterocycles. The van der Waals surface area contributed by atoms with Crippen molar-refractivity contribution >= 4 is 37.8 Å². The van der Waals surface area contributed by atoms with Gasteiger partial charge in [-0.05, 0) is 34.1 Å². The average Bonchev–Trinajstić information content (AvgIpc) is 2.89. The molecule has 3 rings (SSSR count). The van der Waals surface area contributed by atoms with Gasteiger partial charge in [0.15, 0.2) is 5.82 Å². The molecule has 1 fully saturated rings. The van der Waals surface area contributed by atoms with Gasteiger partial charge in [0.2, 0.25) is 5.95 Å². The van der Waals surface area contributed by atoms with Crippen LogP contribution in [0.5, 0.6) is 0 Å². The van der Waals surface area contributed by atoms with E-state index >= 15 is 0 Å². The Morgan fingerprint density at radius 2 is 1.95 bits per heavy atom. The molecule has 100 valence electrons. The number of benzene rings is 1. The molecule has 0 saturated carbocycles. The summed E-state index contributed by atoms with van der Waals surface area (Å²) in [5, 5.41) is 10.6. The summed E-state index contributed by atoms with van der Waals surface area (Å²) in [7, 11) is 0. The lowest BCUT2D eigenvalue weighted by Gasteiger charge is -2.25. The summed E-state index contributed by atoms with van der Waals surface area (Å²) < 4.78 is 2.02. The van der Waals surface area contributed by atoms with Crippen molar-refractivity contribution in [1.82, 2.24) is 20.5 Å². The van der Waals surface area contributed by atoms with Crippen LogP contribution in [0.15, 0.2) is 27.1 Å². The molecular formula is C12H13Br2N5. The Hall–Kier alpha value is -0.920. The Morgan fingerprint density at radius 3 is 2.68 bits per heavy atom. The predicted octanol–water partition coefficient (Wildman–Crippen LogP) is 2.41. The molecule has 0 aliphatic carbocycles. The molecule has 0 amide bonds. The molecule has 5 nitrogen and oxygen atoms in total. The lowest BCUT2D eigenvalue weighted by molar-refractivity contribution is 0.580. The number of rotatable bonds is 2. The molecule has 0 atom stereocenters. The maximum Gasteiger partial charge on any atom is 0.245 e. The smallest absolute Gasteiger partial charge is 0.245 e. The second-order valence-electron chi connectivity index (χ2n) is 4.35. The van der Waals surface area contributed by atoms with Crippen molar-refractivity contribution in [3.05, 3.63) is 27.1 Å². The Morgan fingerprint density at radius 1 is 1.16 bits per heavy atom. The van der Waals surface area contributed by atoms with Crippen molar-refractivity contribution < 1.29 is 0 Å². The van der Waals surface area contributed by atoms with Gasteiger partial charge in [-0.2, -0.15) is 4.98 Å². The number of hydrogen-bond donors (Lipinski definition) is 2. The molecular weight excluding hydrogens is 374 g/mol. The van der Waals surface area contributed by atoms with Crippen LogP contribution in [0, 0.1) is 0 Å². The number of H-pyrrole nitrogens is 1. The molecule has 0 radical (unpaired) electrons. The number of anilines is 1. The largest absolute Gasteiger partial charge is 0.337 e. The minimum atomic E-state index is 0.770. The number of nitrogens with zero attached hydrogens (tertiary/aromatic N) is 3. The fourth-order valence-electron chi connectivity index (χ4n) is 2.06. The van der Waals surface area contributed by atoms with Crippen molar-refractivity contribution in [3.8, 4) is 11.4 Å². The van der Waals surface area contributed by atoms with Crippen LogP contribution in [-0.2, 0) is 0 Å². The summed E-state index contributed by atoms with van der Waals surface area (Å²) in [5.74, 6) is 1.55. The number of halogens is 2. The number of hydrogen-bond acceptors (Lipinski definition) is 4. The Balaban J connectivity index is 1.87. The van der Waals surface area contributed by atoms with Crippen molar-refractivity contribution in [2.75, 3.05) is 31.1 Å². The molecule has 2 N–H and O–H groups in total. The maximum atomic E-state index is 4.58. The van der Waals surface area contributed by atoms with Crippen LogP contribution in [0.4, 0.5) is 5.95 Å². The molecule has 0 bridgehead atoms. The average molecular weight is 387 g/mol. The van der Waals surface area contributed by atoms with Gasteiger partial charge >= 0.3 is 0 Å². The van der Waals surface area contributed by atoms with E-state index in [2.05, 4.69) is 57.3 Å². The lowest BCUT2D eigenvalue weighted by atomic mass is 10.2.